The van der Waals surface area contributed by atoms with Gasteiger partial charge in [0, 0.05) is 24.7 Å². The zero-order valence-electron chi connectivity index (χ0n) is 20.7. The molecule has 34 heavy (non-hydrogen) atoms. The van der Waals surface area contributed by atoms with Crippen molar-refractivity contribution in [1.82, 2.24) is 14.9 Å². The third kappa shape index (κ3) is 7.40. The number of nitrogens with zero attached hydrogens (tertiary/aromatic N) is 1. The highest BCUT2D eigenvalue weighted by Crippen LogP contribution is 2.17. The molecule has 2 rings (SSSR count). The molecule has 0 saturated carbocycles. The fourth-order valence-corrected chi connectivity index (χ4v) is 5.21. The van der Waals surface area contributed by atoms with Gasteiger partial charge in [-0.15, -0.1) is 0 Å². The van der Waals surface area contributed by atoms with E-state index in [0.717, 1.165) is 12.8 Å². The molecule has 0 fully saturated rings. The predicted octanol–water partition coefficient (Wildman–Crippen LogP) is 3.61. The summed E-state index contributed by atoms with van der Waals surface area (Å²) in [6.07, 6.45) is 1.62. The number of nitrogens with one attached hydrogen (secondary N) is 2. The molecular weight excluding hydrogens is 450 g/mol. The van der Waals surface area contributed by atoms with Gasteiger partial charge in [-0.2, -0.15) is 4.31 Å². The zero-order chi connectivity index (χ0) is 25.3. The lowest BCUT2D eigenvalue weighted by Gasteiger charge is -2.24. The minimum atomic E-state index is -3.69. The lowest BCUT2D eigenvalue weighted by molar-refractivity contribution is -0.124. The molecule has 0 aliphatic carbocycles. The first-order chi connectivity index (χ1) is 16.1. The minimum absolute atomic E-state index is 0.0592. The maximum Gasteiger partial charge on any atom is 0.251 e. The second kappa shape index (κ2) is 12.7. The van der Waals surface area contributed by atoms with Crippen LogP contribution in [0.15, 0.2) is 59.5 Å². The number of benzene rings is 2. The average molecular weight is 488 g/mol. The van der Waals surface area contributed by atoms with Gasteiger partial charge in [-0.05, 0) is 49.4 Å². The molecule has 0 aliphatic heterocycles. The summed E-state index contributed by atoms with van der Waals surface area (Å²) in [5, 5.41) is 5.79. The number of carbonyl (C=O) groups is 2. The van der Waals surface area contributed by atoms with Gasteiger partial charge in [0.25, 0.3) is 5.91 Å². The van der Waals surface area contributed by atoms with Crippen molar-refractivity contribution in [2.45, 2.75) is 64.4 Å². The van der Waals surface area contributed by atoms with Crippen LogP contribution in [0, 0.1) is 5.92 Å². The van der Waals surface area contributed by atoms with Crippen molar-refractivity contribution in [3.63, 3.8) is 0 Å². The Morgan fingerprint density at radius 3 is 2.15 bits per heavy atom. The first-order valence-electron chi connectivity index (χ1n) is 11.9. The van der Waals surface area contributed by atoms with Crippen LogP contribution in [0.5, 0.6) is 0 Å². The quantitative estimate of drug-likeness (QED) is 0.478. The smallest absolute Gasteiger partial charge is 0.251 e. The van der Waals surface area contributed by atoms with Crippen molar-refractivity contribution in [2.24, 2.45) is 5.92 Å². The summed E-state index contributed by atoms with van der Waals surface area (Å²) >= 11 is 0. The highest BCUT2D eigenvalue weighted by atomic mass is 32.2. The van der Waals surface area contributed by atoms with Crippen molar-refractivity contribution >= 4 is 21.8 Å². The lowest BCUT2D eigenvalue weighted by atomic mass is 10.0. The Bertz CT molecular complexity index is 1050. The number of aryl methyl sites for hydroxylation is 1. The fraction of sp³-hybridized carbons (Fsp3) is 0.462. The molecule has 2 atom stereocenters. The average Bonchev–Trinajstić information content (AvgIpc) is 2.82. The molecule has 0 aliphatic rings. The Morgan fingerprint density at radius 2 is 1.56 bits per heavy atom. The molecule has 0 saturated heterocycles. The van der Waals surface area contributed by atoms with Gasteiger partial charge in [0.05, 0.1) is 4.90 Å². The van der Waals surface area contributed by atoms with Gasteiger partial charge in [0.2, 0.25) is 15.9 Å². The summed E-state index contributed by atoms with van der Waals surface area (Å²) in [5.41, 5.74) is 1.40. The fourth-order valence-electron chi connectivity index (χ4n) is 3.70. The van der Waals surface area contributed by atoms with E-state index in [1.54, 1.807) is 26.0 Å². The van der Waals surface area contributed by atoms with Crippen molar-refractivity contribution in [3.8, 4) is 0 Å². The van der Waals surface area contributed by atoms with Crippen LogP contribution < -0.4 is 10.6 Å². The third-order valence-corrected chi connectivity index (χ3v) is 7.82. The maximum absolute atomic E-state index is 12.9. The van der Waals surface area contributed by atoms with Gasteiger partial charge in [-0.1, -0.05) is 64.1 Å². The Hall–Kier alpha value is -2.71. The van der Waals surface area contributed by atoms with E-state index in [1.807, 2.05) is 39.0 Å². The molecule has 2 aromatic rings. The summed E-state index contributed by atoms with van der Waals surface area (Å²) in [7, 11) is -3.69. The van der Waals surface area contributed by atoms with Crippen LogP contribution in [-0.4, -0.2) is 49.7 Å². The van der Waals surface area contributed by atoms with E-state index < -0.39 is 22.0 Å². The Balaban J connectivity index is 2.07. The number of carbonyl (C=O) groups excluding carboxylic acids is 2. The van der Waals surface area contributed by atoms with Gasteiger partial charge in [-0.25, -0.2) is 8.42 Å². The van der Waals surface area contributed by atoms with Crippen LogP contribution in [0.2, 0.25) is 0 Å². The second-order valence-electron chi connectivity index (χ2n) is 8.75. The van der Waals surface area contributed by atoms with E-state index in [4.69, 9.17) is 0 Å². The highest BCUT2D eigenvalue weighted by Gasteiger charge is 2.27. The number of rotatable bonds is 12. The van der Waals surface area contributed by atoms with Crippen LogP contribution in [0.3, 0.4) is 0 Å². The van der Waals surface area contributed by atoms with E-state index in [2.05, 4.69) is 22.8 Å². The van der Waals surface area contributed by atoms with Crippen molar-refractivity contribution in [2.75, 3.05) is 13.1 Å². The standard InChI is InChI=1S/C26H37N3O4S/c1-6-29(7-2)34(32,33)23-15-11-14-22(18-23)25(30)28-24(19(3)4)26(31)27-20(5)16-17-21-12-9-8-10-13-21/h8-15,18-20,24H,6-7,16-17H2,1-5H3,(H,27,31)(H,28,30)/t20-,24+/m1/s1. The number of hydrogen-bond acceptors (Lipinski definition) is 4. The van der Waals surface area contributed by atoms with Crippen LogP contribution in [0.25, 0.3) is 0 Å². The van der Waals surface area contributed by atoms with Gasteiger partial charge in [0.1, 0.15) is 6.04 Å². The predicted molar refractivity (Wildman–Crippen MR) is 135 cm³/mol. The molecule has 7 nitrogen and oxygen atoms in total. The van der Waals surface area contributed by atoms with Crippen molar-refractivity contribution in [3.05, 3.63) is 65.7 Å². The molecule has 8 heteroatoms. The number of hydrogen-bond donors (Lipinski definition) is 2. The molecule has 0 unspecified atom stereocenters. The largest absolute Gasteiger partial charge is 0.352 e. The Kier molecular flexibility index (Phi) is 10.3. The number of amides is 2. The molecule has 2 amide bonds. The Morgan fingerprint density at radius 1 is 0.912 bits per heavy atom. The van der Waals surface area contributed by atoms with Crippen LogP contribution in [-0.2, 0) is 21.2 Å². The molecule has 2 aromatic carbocycles. The van der Waals surface area contributed by atoms with E-state index in [9.17, 15) is 18.0 Å². The first kappa shape index (κ1) is 27.5. The molecule has 0 bridgehead atoms. The molecule has 2 N–H and O–H groups in total. The summed E-state index contributed by atoms with van der Waals surface area (Å²) in [4.78, 5) is 25.9. The van der Waals surface area contributed by atoms with Crippen molar-refractivity contribution < 1.29 is 18.0 Å². The topological polar surface area (TPSA) is 95.6 Å². The van der Waals surface area contributed by atoms with E-state index in [1.165, 1.54) is 22.0 Å². The van der Waals surface area contributed by atoms with Gasteiger partial charge < -0.3 is 10.6 Å². The molecule has 0 radical (unpaired) electrons. The van der Waals surface area contributed by atoms with Crippen LogP contribution in [0.4, 0.5) is 0 Å². The highest BCUT2D eigenvalue weighted by molar-refractivity contribution is 7.89. The van der Waals surface area contributed by atoms with Crippen LogP contribution >= 0.6 is 0 Å². The van der Waals surface area contributed by atoms with E-state index in [0.29, 0.717) is 13.1 Å². The maximum atomic E-state index is 12.9. The summed E-state index contributed by atoms with van der Waals surface area (Å²) in [5.74, 6) is -0.883. The van der Waals surface area contributed by atoms with Crippen LogP contribution in [0.1, 0.15) is 57.0 Å². The number of sulfonamides is 1. The monoisotopic (exact) mass is 487 g/mol. The summed E-state index contributed by atoms with van der Waals surface area (Å²) in [6.45, 7) is 9.89. The first-order valence-corrected chi connectivity index (χ1v) is 13.3. The minimum Gasteiger partial charge on any atom is -0.352 e. The van der Waals surface area contributed by atoms with E-state index >= 15 is 0 Å². The lowest BCUT2D eigenvalue weighted by Crippen LogP contribution is -2.51. The molecule has 0 heterocycles. The Labute approximate surface area is 204 Å². The van der Waals surface area contributed by atoms with Crippen molar-refractivity contribution in [1.29, 1.82) is 0 Å². The van der Waals surface area contributed by atoms with Gasteiger partial charge in [0.15, 0.2) is 0 Å². The van der Waals surface area contributed by atoms with Gasteiger partial charge in [-0.3, -0.25) is 9.59 Å². The summed E-state index contributed by atoms with van der Waals surface area (Å²) < 4.78 is 27.0. The molecule has 186 valence electrons. The molecular formula is C26H37N3O4S. The summed E-state index contributed by atoms with van der Waals surface area (Å²) in [6, 6.07) is 15.2. The third-order valence-electron chi connectivity index (χ3n) is 5.77. The van der Waals surface area contributed by atoms with Gasteiger partial charge >= 0.3 is 0 Å². The second-order valence-corrected chi connectivity index (χ2v) is 10.7. The van der Waals surface area contributed by atoms with E-state index in [-0.39, 0.29) is 28.3 Å². The zero-order valence-corrected chi connectivity index (χ0v) is 21.6. The normalized spacial score (nSPS) is 13.5. The molecule has 0 spiro atoms. The molecule has 0 aromatic heterocycles. The SMILES string of the molecule is CCN(CC)S(=O)(=O)c1cccc(C(=O)N[C@H](C(=O)N[C@H](C)CCc2ccccc2)C(C)C)c1.